The van der Waals surface area contributed by atoms with Crippen molar-refractivity contribution in [2.24, 2.45) is 0 Å². The first kappa shape index (κ1) is 15.6. The lowest BCUT2D eigenvalue weighted by Gasteiger charge is -2.19. The zero-order valence-electron chi connectivity index (χ0n) is 12.9. The summed E-state index contributed by atoms with van der Waals surface area (Å²) in [4.78, 5) is 0. The Hall–Kier alpha value is -3.33. The van der Waals surface area contributed by atoms with Crippen LogP contribution in [0.4, 0.5) is 0 Å². The van der Waals surface area contributed by atoms with Crippen LogP contribution in [0.3, 0.4) is 0 Å². The molecule has 3 rings (SSSR count). The van der Waals surface area contributed by atoms with Gasteiger partial charge in [-0.1, -0.05) is 12.1 Å². The largest absolute Gasteiger partial charge is 0.508 e. The number of aromatic hydroxyl groups is 1. The lowest BCUT2D eigenvalue weighted by atomic mass is 10.0. The third kappa shape index (κ3) is 3.70. The molecule has 1 atom stereocenters. The molecule has 120 valence electrons. The first-order chi connectivity index (χ1) is 11.8. The van der Waals surface area contributed by atoms with Crippen molar-refractivity contribution in [3.63, 3.8) is 0 Å². The fourth-order valence-corrected chi connectivity index (χ4v) is 2.47. The van der Waals surface area contributed by atoms with Gasteiger partial charge in [0, 0.05) is 6.42 Å². The second-order valence-corrected chi connectivity index (χ2v) is 5.29. The first-order valence-corrected chi connectivity index (χ1v) is 7.52. The molecular formula is C18H16N4O2. The third-order valence-corrected chi connectivity index (χ3v) is 3.72. The maximum atomic E-state index is 9.29. The van der Waals surface area contributed by atoms with Gasteiger partial charge in [-0.2, -0.15) is 5.26 Å². The normalized spacial score (nSPS) is 11.6. The molecule has 0 aliphatic rings. The van der Waals surface area contributed by atoms with Gasteiger partial charge in [0.1, 0.15) is 24.2 Å². The molecule has 0 aliphatic heterocycles. The predicted molar refractivity (Wildman–Crippen MR) is 87.5 cm³/mol. The molecule has 1 unspecified atom stereocenters. The van der Waals surface area contributed by atoms with Crippen LogP contribution in [0, 0.1) is 11.3 Å². The number of benzene rings is 2. The molecule has 0 fully saturated rings. The van der Waals surface area contributed by atoms with Gasteiger partial charge < -0.3 is 14.4 Å². The summed E-state index contributed by atoms with van der Waals surface area (Å²) in [6.45, 7) is 0.494. The molecule has 2 aromatic carbocycles. The SMILES string of the molecule is N#Cc1ccc(C(CCOc2ccc(O)cc2)n2cnnc2)cc1. The molecule has 0 bridgehead atoms. The van der Waals surface area contributed by atoms with E-state index >= 15 is 0 Å². The maximum Gasteiger partial charge on any atom is 0.119 e. The van der Waals surface area contributed by atoms with Crippen molar-refractivity contribution in [1.82, 2.24) is 14.8 Å². The fourth-order valence-electron chi connectivity index (χ4n) is 2.47. The van der Waals surface area contributed by atoms with Crippen LogP contribution in [0.25, 0.3) is 0 Å². The van der Waals surface area contributed by atoms with E-state index in [0.717, 1.165) is 5.56 Å². The van der Waals surface area contributed by atoms with Gasteiger partial charge >= 0.3 is 0 Å². The molecule has 0 saturated carbocycles. The molecule has 0 amide bonds. The highest BCUT2D eigenvalue weighted by molar-refractivity contribution is 5.33. The summed E-state index contributed by atoms with van der Waals surface area (Å²) >= 11 is 0. The summed E-state index contributed by atoms with van der Waals surface area (Å²) in [6.07, 6.45) is 4.05. The zero-order valence-corrected chi connectivity index (χ0v) is 12.9. The molecule has 3 aromatic rings. The van der Waals surface area contributed by atoms with Gasteiger partial charge in [0.15, 0.2) is 0 Å². The van der Waals surface area contributed by atoms with Crippen molar-refractivity contribution < 1.29 is 9.84 Å². The molecule has 1 aromatic heterocycles. The van der Waals surface area contributed by atoms with Crippen molar-refractivity contribution in [3.8, 4) is 17.6 Å². The second-order valence-electron chi connectivity index (χ2n) is 5.29. The number of phenols is 1. The Morgan fingerprint density at radius 2 is 1.71 bits per heavy atom. The Kier molecular flexibility index (Phi) is 4.73. The number of aromatic nitrogens is 3. The van der Waals surface area contributed by atoms with Crippen LogP contribution in [0.1, 0.15) is 23.6 Å². The van der Waals surface area contributed by atoms with Crippen LogP contribution in [0.5, 0.6) is 11.5 Å². The summed E-state index contributed by atoms with van der Waals surface area (Å²) in [6, 6.07) is 16.2. The Labute approximate surface area is 139 Å². The number of hydrogen-bond acceptors (Lipinski definition) is 5. The van der Waals surface area contributed by atoms with Crippen LogP contribution in [-0.4, -0.2) is 26.5 Å². The van der Waals surface area contributed by atoms with Gasteiger partial charge in [0.25, 0.3) is 0 Å². The van der Waals surface area contributed by atoms with Crippen LogP contribution in [0.2, 0.25) is 0 Å². The smallest absolute Gasteiger partial charge is 0.119 e. The van der Waals surface area contributed by atoms with Crippen molar-refractivity contribution in [2.45, 2.75) is 12.5 Å². The van der Waals surface area contributed by atoms with Crippen LogP contribution in [-0.2, 0) is 0 Å². The number of nitriles is 1. The van der Waals surface area contributed by atoms with Gasteiger partial charge in [0.2, 0.25) is 0 Å². The summed E-state index contributed by atoms with van der Waals surface area (Å²) in [5, 5.41) is 26.0. The minimum atomic E-state index is 0.0184. The highest BCUT2D eigenvalue weighted by atomic mass is 16.5. The minimum absolute atomic E-state index is 0.0184. The Morgan fingerprint density at radius 3 is 2.33 bits per heavy atom. The van der Waals surface area contributed by atoms with Gasteiger partial charge in [-0.05, 0) is 42.0 Å². The van der Waals surface area contributed by atoms with Gasteiger partial charge in [-0.15, -0.1) is 10.2 Å². The number of hydrogen-bond donors (Lipinski definition) is 1. The molecule has 0 radical (unpaired) electrons. The van der Waals surface area contributed by atoms with Gasteiger partial charge in [0.05, 0.1) is 24.3 Å². The molecule has 1 N–H and O–H groups in total. The Balaban J connectivity index is 1.71. The molecule has 0 aliphatic carbocycles. The van der Waals surface area contributed by atoms with E-state index in [0.29, 0.717) is 24.3 Å². The lowest BCUT2D eigenvalue weighted by Crippen LogP contribution is -2.13. The van der Waals surface area contributed by atoms with Crippen LogP contribution < -0.4 is 4.74 Å². The lowest BCUT2D eigenvalue weighted by molar-refractivity contribution is 0.288. The summed E-state index contributed by atoms with van der Waals surface area (Å²) in [7, 11) is 0. The van der Waals surface area contributed by atoms with Crippen molar-refractivity contribution in [1.29, 1.82) is 5.26 Å². The molecular weight excluding hydrogens is 304 g/mol. The topological polar surface area (TPSA) is 84.0 Å². The van der Waals surface area contributed by atoms with Crippen molar-refractivity contribution in [2.75, 3.05) is 6.61 Å². The highest BCUT2D eigenvalue weighted by Gasteiger charge is 2.14. The van der Waals surface area contributed by atoms with Gasteiger partial charge in [-0.3, -0.25) is 0 Å². The van der Waals surface area contributed by atoms with E-state index in [2.05, 4.69) is 16.3 Å². The van der Waals surface area contributed by atoms with Crippen molar-refractivity contribution >= 4 is 0 Å². The summed E-state index contributed by atoms with van der Waals surface area (Å²) in [5.74, 6) is 0.914. The van der Waals surface area contributed by atoms with Crippen LogP contribution >= 0.6 is 0 Å². The molecule has 24 heavy (non-hydrogen) atoms. The van der Waals surface area contributed by atoms with E-state index in [9.17, 15) is 5.11 Å². The monoisotopic (exact) mass is 320 g/mol. The zero-order chi connectivity index (χ0) is 16.8. The maximum absolute atomic E-state index is 9.29. The second kappa shape index (κ2) is 7.29. The minimum Gasteiger partial charge on any atom is -0.508 e. The molecule has 0 saturated heterocycles. The number of ether oxygens (including phenoxy) is 1. The first-order valence-electron chi connectivity index (χ1n) is 7.52. The average Bonchev–Trinajstić information content (AvgIpc) is 3.15. The fraction of sp³-hybridized carbons (Fsp3) is 0.167. The van der Waals surface area contributed by atoms with E-state index in [1.54, 1.807) is 49.1 Å². The summed E-state index contributed by atoms with van der Waals surface area (Å²) in [5.41, 5.74) is 1.68. The third-order valence-electron chi connectivity index (χ3n) is 3.72. The molecule has 1 heterocycles. The van der Waals surface area contributed by atoms with Crippen molar-refractivity contribution in [3.05, 3.63) is 72.3 Å². The molecule has 0 spiro atoms. The Morgan fingerprint density at radius 1 is 1.04 bits per heavy atom. The highest BCUT2D eigenvalue weighted by Crippen LogP contribution is 2.23. The van der Waals surface area contributed by atoms with E-state index in [-0.39, 0.29) is 11.8 Å². The molecule has 6 nitrogen and oxygen atoms in total. The Bertz CT molecular complexity index is 806. The van der Waals surface area contributed by atoms with E-state index < -0.39 is 0 Å². The molecule has 6 heteroatoms. The van der Waals surface area contributed by atoms with E-state index in [1.165, 1.54) is 0 Å². The van der Waals surface area contributed by atoms with E-state index in [1.807, 2.05) is 16.7 Å². The standard InChI is InChI=1S/C18H16N4O2/c19-11-14-1-3-15(4-2-14)18(22-12-20-21-13-22)9-10-24-17-7-5-16(23)6-8-17/h1-8,12-13,18,23H,9-10H2. The van der Waals surface area contributed by atoms with Crippen LogP contribution in [0.15, 0.2) is 61.2 Å². The predicted octanol–water partition coefficient (Wildman–Crippen LogP) is 2.91. The quantitative estimate of drug-likeness (QED) is 0.755. The average molecular weight is 320 g/mol. The number of rotatable bonds is 6. The number of nitrogens with zero attached hydrogens (tertiary/aromatic N) is 4. The van der Waals surface area contributed by atoms with Gasteiger partial charge in [-0.25, -0.2) is 0 Å². The number of phenolic OH excluding ortho intramolecular Hbond substituents is 1. The summed E-state index contributed by atoms with van der Waals surface area (Å²) < 4.78 is 7.66. The van der Waals surface area contributed by atoms with E-state index in [4.69, 9.17) is 10.00 Å².